The van der Waals surface area contributed by atoms with Crippen LogP contribution in [-0.2, 0) is 4.84 Å². The molecule has 18 heavy (non-hydrogen) atoms. The van der Waals surface area contributed by atoms with Gasteiger partial charge >= 0.3 is 0 Å². The van der Waals surface area contributed by atoms with Crippen molar-refractivity contribution in [1.29, 1.82) is 0 Å². The van der Waals surface area contributed by atoms with E-state index in [1.807, 2.05) is 18.2 Å². The lowest BCUT2D eigenvalue weighted by Crippen LogP contribution is -2.31. The molecule has 0 N–H and O–H groups in total. The van der Waals surface area contributed by atoms with Crippen LogP contribution in [0.4, 0.5) is 0 Å². The molecule has 0 aliphatic heterocycles. The highest BCUT2D eigenvalue weighted by Crippen LogP contribution is 2.23. The zero-order valence-corrected chi connectivity index (χ0v) is 11.7. The van der Waals surface area contributed by atoms with Gasteiger partial charge in [-0.2, -0.15) is 0 Å². The number of rotatable bonds is 4. The second-order valence-electron chi connectivity index (χ2n) is 3.76. The maximum atomic E-state index is 4.95. The normalized spacial score (nSPS) is 11.8. The Balaban J connectivity index is 2.45. The Morgan fingerprint density at radius 3 is 2.67 bits per heavy atom. The summed E-state index contributed by atoms with van der Waals surface area (Å²) in [6, 6.07) is 8.11. The standard InChI is InChI=1S/C13H17N3OS/c1-4-16(5-2)12(15-17-3)13-14-10-8-6-7-9-11(10)18-13/h6-9H,4-5H2,1-3H3/b15-12+. The molecule has 0 atom stereocenters. The van der Waals surface area contributed by atoms with Gasteiger partial charge in [-0.05, 0) is 26.0 Å². The maximum absolute atomic E-state index is 4.95. The molecular weight excluding hydrogens is 246 g/mol. The number of aromatic nitrogens is 1. The zero-order valence-electron chi connectivity index (χ0n) is 10.9. The first-order chi connectivity index (χ1) is 8.80. The van der Waals surface area contributed by atoms with Crippen molar-refractivity contribution >= 4 is 27.4 Å². The highest BCUT2D eigenvalue weighted by Gasteiger charge is 2.16. The van der Waals surface area contributed by atoms with E-state index in [1.54, 1.807) is 18.4 Å². The summed E-state index contributed by atoms with van der Waals surface area (Å²) < 4.78 is 1.17. The Labute approximate surface area is 111 Å². The summed E-state index contributed by atoms with van der Waals surface area (Å²) in [7, 11) is 1.57. The van der Waals surface area contributed by atoms with Gasteiger partial charge in [0.05, 0.1) is 10.2 Å². The second kappa shape index (κ2) is 5.82. The first kappa shape index (κ1) is 12.8. The summed E-state index contributed by atoms with van der Waals surface area (Å²) in [6.45, 7) is 5.97. The van der Waals surface area contributed by atoms with Crippen LogP contribution in [0.1, 0.15) is 18.9 Å². The van der Waals surface area contributed by atoms with Gasteiger partial charge < -0.3 is 9.74 Å². The Bertz CT molecular complexity index is 513. The molecule has 4 nitrogen and oxygen atoms in total. The monoisotopic (exact) mass is 263 g/mol. The number of fused-ring (bicyclic) bond motifs is 1. The molecule has 0 aliphatic rings. The van der Waals surface area contributed by atoms with Crippen LogP contribution in [0.3, 0.4) is 0 Å². The Kier molecular flexibility index (Phi) is 4.15. The molecule has 1 heterocycles. The van der Waals surface area contributed by atoms with Gasteiger partial charge in [-0.1, -0.05) is 17.3 Å². The van der Waals surface area contributed by atoms with Crippen molar-refractivity contribution in [2.45, 2.75) is 13.8 Å². The van der Waals surface area contributed by atoms with Crippen LogP contribution in [0.25, 0.3) is 10.2 Å². The lowest BCUT2D eigenvalue weighted by molar-refractivity contribution is 0.206. The Morgan fingerprint density at radius 2 is 2.06 bits per heavy atom. The average Bonchev–Trinajstić information content (AvgIpc) is 2.82. The minimum atomic E-state index is 0.809. The largest absolute Gasteiger partial charge is 0.397 e. The number of nitrogens with zero attached hydrogens (tertiary/aromatic N) is 3. The summed E-state index contributed by atoms with van der Waals surface area (Å²) in [5.74, 6) is 0.809. The predicted octanol–water partition coefficient (Wildman–Crippen LogP) is 2.95. The molecule has 5 heteroatoms. The summed E-state index contributed by atoms with van der Waals surface area (Å²) >= 11 is 1.64. The van der Waals surface area contributed by atoms with E-state index in [1.165, 1.54) is 4.70 Å². The molecule has 0 bridgehead atoms. The fourth-order valence-corrected chi connectivity index (χ4v) is 2.78. The molecule has 0 unspecified atom stereocenters. The first-order valence-electron chi connectivity index (χ1n) is 6.02. The minimum Gasteiger partial charge on any atom is -0.397 e. The maximum Gasteiger partial charge on any atom is 0.204 e. The molecular formula is C13H17N3OS. The van der Waals surface area contributed by atoms with E-state index in [9.17, 15) is 0 Å². The SMILES string of the molecule is CCN(CC)/C(=N/OC)c1nc2ccccc2s1. The third-order valence-corrected chi connectivity index (χ3v) is 3.76. The summed E-state index contributed by atoms with van der Waals surface area (Å²) in [6.07, 6.45) is 0. The molecule has 0 saturated heterocycles. The molecule has 0 aliphatic carbocycles. The van der Waals surface area contributed by atoms with E-state index < -0.39 is 0 Å². The van der Waals surface area contributed by atoms with Crippen LogP contribution in [0.15, 0.2) is 29.4 Å². The van der Waals surface area contributed by atoms with E-state index in [-0.39, 0.29) is 0 Å². The van der Waals surface area contributed by atoms with Gasteiger partial charge in [0.1, 0.15) is 7.11 Å². The smallest absolute Gasteiger partial charge is 0.204 e. The van der Waals surface area contributed by atoms with Crippen LogP contribution < -0.4 is 0 Å². The summed E-state index contributed by atoms with van der Waals surface area (Å²) in [4.78, 5) is 11.7. The van der Waals surface area contributed by atoms with Crippen molar-refractivity contribution in [3.05, 3.63) is 29.3 Å². The summed E-state index contributed by atoms with van der Waals surface area (Å²) in [5, 5.41) is 5.03. The molecule has 1 aromatic carbocycles. The van der Waals surface area contributed by atoms with Crippen molar-refractivity contribution in [3.63, 3.8) is 0 Å². The number of hydrogen-bond acceptors (Lipinski definition) is 4. The van der Waals surface area contributed by atoms with Crippen molar-refractivity contribution in [1.82, 2.24) is 9.88 Å². The minimum absolute atomic E-state index is 0.809. The average molecular weight is 263 g/mol. The molecule has 0 spiro atoms. The van der Waals surface area contributed by atoms with Gasteiger partial charge in [-0.3, -0.25) is 0 Å². The number of para-hydroxylation sites is 1. The molecule has 0 fully saturated rings. The van der Waals surface area contributed by atoms with Crippen molar-refractivity contribution < 1.29 is 4.84 Å². The molecule has 2 aromatic rings. The summed E-state index contributed by atoms with van der Waals surface area (Å²) in [5.41, 5.74) is 1.01. The van der Waals surface area contributed by atoms with Gasteiger partial charge in [0.15, 0.2) is 5.01 Å². The van der Waals surface area contributed by atoms with E-state index >= 15 is 0 Å². The third kappa shape index (κ3) is 2.46. The zero-order chi connectivity index (χ0) is 13.0. The fraction of sp³-hybridized carbons (Fsp3) is 0.385. The first-order valence-corrected chi connectivity index (χ1v) is 6.83. The third-order valence-electron chi connectivity index (χ3n) is 2.73. The molecule has 2 rings (SSSR count). The fourth-order valence-electron chi connectivity index (χ4n) is 1.81. The van der Waals surface area contributed by atoms with E-state index in [0.717, 1.165) is 29.4 Å². The molecule has 0 amide bonds. The highest BCUT2D eigenvalue weighted by molar-refractivity contribution is 7.20. The van der Waals surface area contributed by atoms with Gasteiger partial charge in [0.25, 0.3) is 0 Å². The van der Waals surface area contributed by atoms with Gasteiger partial charge in [-0.25, -0.2) is 4.98 Å². The van der Waals surface area contributed by atoms with Crippen molar-refractivity contribution in [3.8, 4) is 0 Å². The molecule has 96 valence electrons. The van der Waals surface area contributed by atoms with E-state index in [4.69, 9.17) is 4.84 Å². The number of thiazole rings is 1. The predicted molar refractivity (Wildman–Crippen MR) is 76.1 cm³/mol. The van der Waals surface area contributed by atoms with E-state index in [2.05, 4.69) is 35.0 Å². The van der Waals surface area contributed by atoms with Crippen LogP contribution in [0, 0.1) is 0 Å². The quantitative estimate of drug-likeness (QED) is 0.483. The second-order valence-corrected chi connectivity index (χ2v) is 4.79. The number of amidine groups is 1. The lowest BCUT2D eigenvalue weighted by atomic mass is 10.3. The number of hydrogen-bond donors (Lipinski definition) is 0. The van der Waals surface area contributed by atoms with Crippen LogP contribution in [0.2, 0.25) is 0 Å². The Morgan fingerprint density at radius 1 is 1.33 bits per heavy atom. The number of oxime groups is 1. The van der Waals surface area contributed by atoms with Gasteiger partial charge in [-0.15, -0.1) is 11.3 Å². The van der Waals surface area contributed by atoms with Crippen LogP contribution in [0.5, 0.6) is 0 Å². The highest BCUT2D eigenvalue weighted by atomic mass is 32.1. The van der Waals surface area contributed by atoms with E-state index in [0.29, 0.717) is 0 Å². The number of benzene rings is 1. The molecule has 0 saturated carbocycles. The van der Waals surface area contributed by atoms with Crippen molar-refractivity contribution in [2.75, 3.05) is 20.2 Å². The lowest BCUT2D eigenvalue weighted by Gasteiger charge is -2.20. The van der Waals surface area contributed by atoms with Crippen LogP contribution in [-0.4, -0.2) is 35.9 Å². The van der Waals surface area contributed by atoms with Gasteiger partial charge in [0, 0.05) is 13.1 Å². The molecule has 1 aromatic heterocycles. The Hall–Kier alpha value is -1.62. The van der Waals surface area contributed by atoms with Gasteiger partial charge in [0.2, 0.25) is 5.84 Å². The van der Waals surface area contributed by atoms with Crippen LogP contribution >= 0.6 is 11.3 Å². The topological polar surface area (TPSA) is 37.7 Å². The molecule has 0 radical (unpaired) electrons. The van der Waals surface area contributed by atoms with Crippen molar-refractivity contribution in [2.24, 2.45) is 5.16 Å².